The van der Waals surface area contributed by atoms with E-state index in [1.165, 1.54) is 12.3 Å². The summed E-state index contributed by atoms with van der Waals surface area (Å²) in [6.45, 7) is -0.511. The highest BCUT2D eigenvalue weighted by Gasteiger charge is 2.12. The monoisotopic (exact) mass is 255 g/mol. The van der Waals surface area contributed by atoms with Crippen LogP contribution in [-0.4, -0.2) is 10.1 Å². The molecule has 0 unspecified atom stereocenters. The lowest BCUT2D eigenvalue weighted by molar-refractivity contribution is 0.273. The van der Waals surface area contributed by atoms with E-state index in [0.29, 0.717) is 0 Å². The van der Waals surface area contributed by atoms with Gasteiger partial charge in [0.25, 0.3) is 5.88 Å². The molecule has 0 aliphatic heterocycles. The Morgan fingerprint density at radius 3 is 2.56 bits per heavy atom. The highest BCUT2D eigenvalue weighted by Crippen LogP contribution is 2.25. The Labute approximate surface area is 100 Å². The average Bonchev–Trinajstić information content (AvgIpc) is 2.36. The first-order valence-corrected chi connectivity index (χ1v) is 4.99. The molecule has 2 aromatic rings. The van der Waals surface area contributed by atoms with Crippen LogP contribution in [0, 0.1) is 17.5 Å². The molecule has 0 atom stereocenters. The van der Waals surface area contributed by atoms with E-state index in [1.54, 1.807) is 0 Å². The molecule has 94 valence electrons. The molecular weight excluding hydrogens is 247 g/mol. The van der Waals surface area contributed by atoms with Gasteiger partial charge in [-0.3, -0.25) is 0 Å². The van der Waals surface area contributed by atoms with Crippen LogP contribution in [0.3, 0.4) is 0 Å². The van der Waals surface area contributed by atoms with Crippen LogP contribution in [0.15, 0.2) is 30.5 Å². The molecule has 0 spiro atoms. The molecule has 0 saturated carbocycles. The number of ether oxygens (including phenoxy) is 1. The Kier molecular flexibility index (Phi) is 3.47. The largest absolute Gasteiger partial charge is 0.436 e. The Hall–Kier alpha value is -2.08. The maximum absolute atomic E-state index is 13.6. The van der Waals surface area contributed by atoms with Crippen LogP contribution in [0.2, 0.25) is 0 Å². The Morgan fingerprint density at radius 1 is 1.11 bits per heavy atom. The number of rotatable bonds is 3. The van der Waals surface area contributed by atoms with Crippen LogP contribution in [0.1, 0.15) is 5.56 Å². The van der Waals surface area contributed by atoms with Gasteiger partial charge in [0.1, 0.15) is 5.75 Å². The zero-order valence-corrected chi connectivity index (χ0v) is 9.03. The van der Waals surface area contributed by atoms with Crippen LogP contribution >= 0.6 is 0 Å². The van der Waals surface area contributed by atoms with Crippen molar-refractivity contribution in [3.63, 3.8) is 0 Å². The number of aliphatic hydroxyl groups excluding tert-OH is 1. The summed E-state index contributed by atoms with van der Waals surface area (Å²) in [6, 6.07) is 4.07. The number of benzene rings is 1. The van der Waals surface area contributed by atoms with Gasteiger partial charge in [-0.15, -0.1) is 0 Å². The molecule has 1 aromatic carbocycles. The fourth-order valence-electron chi connectivity index (χ4n) is 1.31. The first-order valence-electron chi connectivity index (χ1n) is 4.99. The SMILES string of the molecule is OCc1ccnc(Oc2ccc(F)c(F)c2)c1F. The predicted octanol–water partition coefficient (Wildman–Crippen LogP) is 2.78. The molecule has 1 aromatic heterocycles. The van der Waals surface area contributed by atoms with E-state index in [1.807, 2.05) is 0 Å². The Morgan fingerprint density at radius 2 is 1.89 bits per heavy atom. The molecule has 0 aliphatic carbocycles. The Bertz CT molecular complexity index is 575. The lowest BCUT2D eigenvalue weighted by Crippen LogP contribution is -1.97. The average molecular weight is 255 g/mol. The highest BCUT2D eigenvalue weighted by atomic mass is 19.2. The van der Waals surface area contributed by atoms with E-state index in [4.69, 9.17) is 9.84 Å². The van der Waals surface area contributed by atoms with Crippen molar-refractivity contribution in [1.82, 2.24) is 4.98 Å². The van der Waals surface area contributed by atoms with E-state index >= 15 is 0 Å². The molecule has 6 heteroatoms. The minimum atomic E-state index is -1.11. The van der Waals surface area contributed by atoms with Crippen molar-refractivity contribution in [2.24, 2.45) is 0 Å². The van der Waals surface area contributed by atoms with Gasteiger partial charge in [0.05, 0.1) is 6.61 Å². The van der Waals surface area contributed by atoms with Gasteiger partial charge in [0.2, 0.25) is 0 Å². The first kappa shape index (κ1) is 12.4. The van der Waals surface area contributed by atoms with E-state index < -0.39 is 29.9 Å². The van der Waals surface area contributed by atoms with Gasteiger partial charge < -0.3 is 9.84 Å². The first-order chi connectivity index (χ1) is 8.61. The van der Waals surface area contributed by atoms with Gasteiger partial charge in [-0.2, -0.15) is 0 Å². The van der Waals surface area contributed by atoms with Crippen molar-refractivity contribution in [2.45, 2.75) is 6.61 Å². The van der Waals surface area contributed by atoms with Gasteiger partial charge in [-0.05, 0) is 18.2 Å². The number of pyridine rings is 1. The van der Waals surface area contributed by atoms with Gasteiger partial charge in [-0.25, -0.2) is 18.2 Å². The van der Waals surface area contributed by atoms with E-state index in [0.717, 1.165) is 18.2 Å². The van der Waals surface area contributed by atoms with Crippen molar-refractivity contribution in [3.8, 4) is 11.6 Å². The third-order valence-corrected chi connectivity index (χ3v) is 2.21. The minimum Gasteiger partial charge on any atom is -0.436 e. The van der Waals surface area contributed by atoms with Crippen LogP contribution < -0.4 is 4.74 Å². The van der Waals surface area contributed by atoms with Crippen LogP contribution in [0.25, 0.3) is 0 Å². The van der Waals surface area contributed by atoms with Crippen molar-refractivity contribution in [2.75, 3.05) is 0 Å². The number of halogens is 3. The molecule has 0 fully saturated rings. The number of hydrogen-bond donors (Lipinski definition) is 1. The number of hydrogen-bond acceptors (Lipinski definition) is 3. The second-order valence-electron chi connectivity index (χ2n) is 3.43. The molecule has 3 nitrogen and oxygen atoms in total. The maximum Gasteiger partial charge on any atom is 0.256 e. The summed E-state index contributed by atoms with van der Waals surface area (Å²) < 4.78 is 44.2. The summed E-state index contributed by atoms with van der Waals surface area (Å²) in [7, 11) is 0. The zero-order chi connectivity index (χ0) is 13.1. The molecule has 2 rings (SSSR count). The van der Waals surface area contributed by atoms with Gasteiger partial charge in [-0.1, -0.05) is 0 Å². The standard InChI is InChI=1S/C12H8F3NO2/c13-9-2-1-8(5-10(9)14)18-12-11(15)7(6-17)3-4-16-12/h1-5,17H,6H2. The summed E-state index contributed by atoms with van der Waals surface area (Å²) in [5.74, 6) is -3.47. The molecule has 0 radical (unpaired) electrons. The summed E-state index contributed by atoms with van der Waals surface area (Å²) in [5, 5.41) is 8.86. The van der Waals surface area contributed by atoms with Crippen molar-refractivity contribution in [3.05, 3.63) is 53.5 Å². The van der Waals surface area contributed by atoms with Crippen LogP contribution in [0.4, 0.5) is 13.2 Å². The summed E-state index contributed by atoms with van der Waals surface area (Å²) in [5.41, 5.74) is 0.00239. The topological polar surface area (TPSA) is 42.4 Å². The van der Waals surface area contributed by atoms with Crippen molar-refractivity contribution >= 4 is 0 Å². The van der Waals surface area contributed by atoms with Crippen molar-refractivity contribution in [1.29, 1.82) is 0 Å². The van der Waals surface area contributed by atoms with Gasteiger partial charge in [0.15, 0.2) is 17.5 Å². The highest BCUT2D eigenvalue weighted by molar-refractivity contribution is 5.30. The third kappa shape index (κ3) is 2.43. The molecular formula is C12H8F3NO2. The fourth-order valence-corrected chi connectivity index (χ4v) is 1.31. The fraction of sp³-hybridized carbons (Fsp3) is 0.0833. The van der Waals surface area contributed by atoms with Crippen LogP contribution in [0.5, 0.6) is 11.6 Å². The lowest BCUT2D eigenvalue weighted by atomic mass is 10.2. The van der Waals surface area contributed by atoms with Crippen LogP contribution in [-0.2, 0) is 6.61 Å². The summed E-state index contributed by atoms with van der Waals surface area (Å²) in [4.78, 5) is 3.61. The number of nitrogens with zero attached hydrogens (tertiary/aromatic N) is 1. The summed E-state index contributed by atoms with van der Waals surface area (Å²) in [6.07, 6.45) is 1.24. The quantitative estimate of drug-likeness (QED) is 0.917. The molecule has 0 aliphatic rings. The molecule has 0 bridgehead atoms. The molecule has 1 heterocycles. The predicted molar refractivity (Wildman–Crippen MR) is 56.5 cm³/mol. The second kappa shape index (κ2) is 5.05. The molecule has 0 saturated heterocycles. The smallest absolute Gasteiger partial charge is 0.256 e. The van der Waals surface area contributed by atoms with E-state index in [2.05, 4.69) is 4.98 Å². The lowest BCUT2D eigenvalue weighted by Gasteiger charge is -2.07. The third-order valence-electron chi connectivity index (χ3n) is 2.21. The molecule has 1 N–H and O–H groups in total. The minimum absolute atomic E-state index is 0.00239. The number of aromatic nitrogens is 1. The normalized spacial score (nSPS) is 10.4. The molecule has 0 amide bonds. The van der Waals surface area contributed by atoms with E-state index in [9.17, 15) is 13.2 Å². The molecule has 18 heavy (non-hydrogen) atoms. The number of aliphatic hydroxyl groups is 1. The second-order valence-corrected chi connectivity index (χ2v) is 3.43. The Balaban J connectivity index is 2.31. The van der Waals surface area contributed by atoms with Gasteiger partial charge in [0, 0.05) is 17.8 Å². The van der Waals surface area contributed by atoms with Crippen molar-refractivity contribution < 1.29 is 23.0 Å². The zero-order valence-electron chi connectivity index (χ0n) is 9.03. The van der Waals surface area contributed by atoms with E-state index in [-0.39, 0.29) is 11.3 Å². The summed E-state index contributed by atoms with van der Waals surface area (Å²) >= 11 is 0. The van der Waals surface area contributed by atoms with Gasteiger partial charge >= 0.3 is 0 Å². The maximum atomic E-state index is 13.6.